The molecule has 0 atom stereocenters. The first-order chi connectivity index (χ1) is 15.5. The van der Waals surface area contributed by atoms with E-state index in [1.165, 1.54) is 4.57 Å². The van der Waals surface area contributed by atoms with Gasteiger partial charge < -0.3 is 9.84 Å². The monoisotopic (exact) mass is 427 g/mol. The molecule has 1 amide bonds. The van der Waals surface area contributed by atoms with E-state index < -0.39 is 11.5 Å². The summed E-state index contributed by atoms with van der Waals surface area (Å²) < 4.78 is 6.61. The molecule has 7 nitrogen and oxygen atoms in total. The molecule has 32 heavy (non-hydrogen) atoms. The highest BCUT2D eigenvalue weighted by Gasteiger charge is 2.19. The summed E-state index contributed by atoms with van der Waals surface area (Å²) in [4.78, 5) is 25.9. The van der Waals surface area contributed by atoms with E-state index in [-0.39, 0.29) is 17.0 Å². The third kappa shape index (κ3) is 3.83. The number of carbonyl (C=O) groups is 1. The number of amides is 1. The van der Waals surface area contributed by atoms with Gasteiger partial charge in [-0.05, 0) is 55.5 Å². The molecule has 0 aliphatic rings. The van der Waals surface area contributed by atoms with Crippen LogP contribution in [0.4, 0.5) is 0 Å². The van der Waals surface area contributed by atoms with Crippen LogP contribution in [0.25, 0.3) is 16.6 Å². The Morgan fingerprint density at radius 2 is 1.62 bits per heavy atom. The normalized spacial score (nSPS) is 11.4. The predicted octanol–water partition coefficient (Wildman–Crippen LogP) is 3.86. The lowest BCUT2D eigenvalue weighted by atomic mass is 10.1. The zero-order chi connectivity index (χ0) is 22.7. The summed E-state index contributed by atoms with van der Waals surface area (Å²) in [5, 5.41) is 15.5. The molecule has 4 aromatic rings. The first-order valence-electron chi connectivity index (χ1n) is 9.92. The van der Waals surface area contributed by atoms with E-state index in [1.54, 1.807) is 62.6 Å². The van der Waals surface area contributed by atoms with Crippen molar-refractivity contribution in [2.75, 3.05) is 7.11 Å². The van der Waals surface area contributed by atoms with Crippen LogP contribution in [0.2, 0.25) is 0 Å². The van der Waals surface area contributed by atoms with E-state index in [0.717, 1.165) is 0 Å². The maximum atomic E-state index is 13.4. The van der Waals surface area contributed by atoms with Gasteiger partial charge >= 0.3 is 0 Å². The molecule has 0 aliphatic heterocycles. The first kappa shape index (κ1) is 20.9. The Morgan fingerprint density at radius 3 is 2.31 bits per heavy atom. The number of ether oxygens (including phenoxy) is 1. The number of para-hydroxylation sites is 2. The molecule has 4 rings (SSSR count). The van der Waals surface area contributed by atoms with Crippen molar-refractivity contribution >= 4 is 22.5 Å². The van der Waals surface area contributed by atoms with E-state index in [4.69, 9.17) is 4.74 Å². The van der Waals surface area contributed by atoms with Crippen molar-refractivity contribution in [3.8, 4) is 17.2 Å². The second-order valence-electron chi connectivity index (χ2n) is 7.08. The molecular formula is C25H21N3O4. The van der Waals surface area contributed by atoms with Crippen LogP contribution in [0.3, 0.4) is 0 Å². The minimum absolute atomic E-state index is 0.0163. The van der Waals surface area contributed by atoms with Gasteiger partial charge in [0.1, 0.15) is 17.1 Å². The number of hydrogen-bond acceptors (Lipinski definition) is 5. The second kappa shape index (κ2) is 8.77. The standard InChI is InChI=1S/C25H21N3O4/c1-16(26-27-24(30)17-12-14-19(32-2)15-13-17)22-23(29)20-10-6-7-11-21(20)28(25(22)31)18-8-4-3-5-9-18/h3-15,29H,1-2H3,(H,27,30). The third-order valence-corrected chi connectivity index (χ3v) is 5.11. The van der Waals surface area contributed by atoms with Crippen LogP contribution in [0.15, 0.2) is 88.8 Å². The Hall–Kier alpha value is -4.39. The van der Waals surface area contributed by atoms with Crippen molar-refractivity contribution < 1.29 is 14.6 Å². The van der Waals surface area contributed by atoms with Gasteiger partial charge in [0.2, 0.25) is 0 Å². The Bertz CT molecular complexity index is 1370. The Labute approximate surface area is 184 Å². The number of aromatic hydroxyl groups is 1. The maximum absolute atomic E-state index is 13.4. The summed E-state index contributed by atoms with van der Waals surface area (Å²) in [5.74, 6) is -0.00262. The molecule has 0 spiro atoms. The number of methoxy groups -OCH3 is 1. The van der Waals surface area contributed by atoms with E-state index in [9.17, 15) is 14.7 Å². The SMILES string of the molecule is COc1ccc(C(=O)NN=C(C)c2c(O)c3ccccc3n(-c3ccccc3)c2=O)cc1. The van der Waals surface area contributed by atoms with E-state index in [1.807, 2.05) is 30.3 Å². The summed E-state index contributed by atoms with van der Waals surface area (Å²) >= 11 is 0. The summed E-state index contributed by atoms with van der Waals surface area (Å²) in [7, 11) is 1.54. The minimum Gasteiger partial charge on any atom is -0.506 e. The van der Waals surface area contributed by atoms with Crippen LogP contribution < -0.4 is 15.7 Å². The van der Waals surface area contributed by atoms with Gasteiger partial charge in [0.05, 0.1) is 18.3 Å². The molecule has 160 valence electrons. The van der Waals surface area contributed by atoms with E-state index in [0.29, 0.717) is 27.9 Å². The zero-order valence-electron chi connectivity index (χ0n) is 17.6. The number of carbonyl (C=O) groups excluding carboxylic acids is 1. The molecule has 2 N–H and O–H groups in total. The fourth-order valence-corrected chi connectivity index (χ4v) is 3.48. The lowest BCUT2D eigenvalue weighted by molar-refractivity contribution is 0.0954. The Kier molecular flexibility index (Phi) is 5.72. The average Bonchev–Trinajstić information content (AvgIpc) is 2.83. The highest BCUT2D eigenvalue weighted by molar-refractivity contribution is 6.06. The number of nitrogens with zero attached hydrogens (tertiary/aromatic N) is 2. The summed E-state index contributed by atoms with van der Waals surface area (Å²) in [6.07, 6.45) is 0. The minimum atomic E-state index is -0.448. The van der Waals surface area contributed by atoms with Crippen LogP contribution >= 0.6 is 0 Å². The second-order valence-corrected chi connectivity index (χ2v) is 7.08. The molecule has 0 saturated heterocycles. The van der Waals surface area contributed by atoms with Crippen LogP contribution in [0, 0.1) is 0 Å². The van der Waals surface area contributed by atoms with Crippen molar-refractivity contribution in [1.29, 1.82) is 0 Å². The van der Waals surface area contributed by atoms with Crippen LogP contribution in [0.5, 0.6) is 11.5 Å². The number of rotatable bonds is 5. The molecule has 0 bridgehead atoms. The number of pyridine rings is 1. The summed E-state index contributed by atoms with van der Waals surface area (Å²) in [6.45, 7) is 1.56. The lowest BCUT2D eigenvalue weighted by Crippen LogP contribution is -2.27. The summed E-state index contributed by atoms with van der Waals surface area (Å²) in [6, 6.07) is 22.8. The first-order valence-corrected chi connectivity index (χ1v) is 9.92. The number of nitrogens with one attached hydrogen (secondary N) is 1. The molecule has 0 unspecified atom stereocenters. The maximum Gasteiger partial charge on any atom is 0.271 e. The van der Waals surface area contributed by atoms with Crippen molar-refractivity contribution in [3.05, 3.63) is 100 Å². The summed E-state index contributed by atoms with van der Waals surface area (Å²) in [5.41, 5.74) is 3.82. The smallest absolute Gasteiger partial charge is 0.271 e. The molecule has 3 aromatic carbocycles. The molecule has 0 fully saturated rings. The van der Waals surface area contributed by atoms with Gasteiger partial charge in [0.25, 0.3) is 11.5 Å². The quantitative estimate of drug-likeness (QED) is 0.374. The van der Waals surface area contributed by atoms with Crippen LogP contribution in [-0.4, -0.2) is 28.4 Å². The molecule has 7 heteroatoms. The number of hydrogen-bond donors (Lipinski definition) is 2. The zero-order valence-corrected chi connectivity index (χ0v) is 17.6. The molecule has 0 aliphatic carbocycles. The fraction of sp³-hybridized carbons (Fsp3) is 0.0800. The molecule has 1 aromatic heterocycles. The highest BCUT2D eigenvalue weighted by Crippen LogP contribution is 2.28. The molecule has 1 heterocycles. The molecule has 0 saturated carbocycles. The number of benzene rings is 3. The number of hydrazone groups is 1. The van der Waals surface area contributed by atoms with Crippen LogP contribution in [-0.2, 0) is 0 Å². The number of fused-ring (bicyclic) bond motifs is 1. The average molecular weight is 427 g/mol. The van der Waals surface area contributed by atoms with E-state index >= 15 is 0 Å². The van der Waals surface area contributed by atoms with Crippen molar-refractivity contribution in [2.24, 2.45) is 5.10 Å². The Morgan fingerprint density at radius 1 is 0.969 bits per heavy atom. The van der Waals surface area contributed by atoms with Gasteiger partial charge in [-0.3, -0.25) is 14.2 Å². The van der Waals surface area contributed by atoms with Crippen molar-refractivity contribution in [3.63, 3.8) is 0 Å². The van der Waals surface area contributed by atoms with Gasteiger partial charge in [-0.2, -0.15) is 5.10 Å². The van der Waals surface area contributed by atoms with E-state index in [2.05, 4.69) is 10.5 Å². The van der Waals surface area contributed by atoms with Crippen molar-refractivity contribution in [2.45, 2.75) is 6.92 Å². The van der Waals surface area contributed by atoms with Gasteiger partial charge in [-0.25, -0.2) is 5.43 Å². The molecular weight excluding hydrogens is 406 g/mol. The van der Waals surface area contributed by atoms with Crippen molar-refractivity contribution in [1.82, 2.24) is 9.99 Å². The van der Waals surface area contributed by atoms with Gasteiger partial charge in [-0.1, -0.05) is 30.3 Å². The predicted molar refractivity (Wildman–Crippen MR) is 124 cm³/mol. The largest absolute Gasteiger partial charge is 0.506 e. The number of aromatic nitrogens is 1. The van der Waals surface area contributed by atoms with Gasteiger partial charge in [0.15, 0.2) is 0 Å². The fourth-order valence-electron chi connectivity index (χ4n) is 3.48. The third-order valence-electron chi connectivity index (χ3n) is 5.11. The highest BCUT2D eigenvalue weighted by atomic mass is 16.5. The lowest BCUT2D eigenvalue weighted by Gasteiger charge is -2.15. The van der Waals surface area contributed by atoms with Gasteiger partial charge in [-0.15, -0.1) is 0 Å². The topological polar surface area (TPSA) is 92.9 Å². The Balaban J connectivity index is 1.78. The van der Waals surface area contributed by atoms with Crippen LogP contribution in [0.1, 0.15) is 22.8 Å². The van der Waals surface area contributed by atoms with Gasteiger partial charge in [0, 0.05) is 16.6 Å². The molecule has 0 radical (unpaired) electrons.